The van der Waals surface area contributed by atoms with Crippen LogP contribution in [0.3, 0.4) is 0 Å². The number of rotatable bonds is 3. The molecule has 0 spiro atoms. The Balaban J connectivity index is 2.69. The van der Waals surface area contributed by atoms with E-state index < -0.39 is 0 Å². The van der Waals surface area contributed by atoms with E-state index in [1.54, 1.807) is 0 Å². The normalized spacial score (nSPS) is 10.6. The van der Waals surface area contributed by atoms with Crippen molar-refractivity contribution in [3.05, 3.63) is 0 Å². The molecule has 0 aromatic heterocycles. The summed E-state index contributed by atoms with van der Waals surface area (Å²) in [6.07, 6.45) is 5.36. The van der Waals surface area contributed by atoms with Crippen molar-refractivity contribution in [2.24, 2.45) is 4.40 Å². The first-order valence-corrected chi connectivity index (χ1v) is 2.97. The lowest BCUT2D eigenvalue weighted by atomic mass is 10.3. The summed E-state index contributed by atoms with van der Waals surface area (Å²) in [5, 5.41) is 0. The molecule has 0 unspecified atom stereocenters. The molecular weight excluding hydrogens is 106 g/mol. The van der Waals surface area contributed by atoms with Crippen molar-refractivity contribution in [1.82, 2.24) is 0 Å². The molecule has 0 aliphatic carbocycles. The van der Waals surface area contributed by atoms with E-state index in [2.05, 4.69) is 24.1 Å². The van der Waals surface area contributed by atoms with Gasteiger partial charge in [0, 0.05) is 6.21 Å². The van der Waals surface area contributed by atoms with Crippen molar-refractivity contribution in [3.63, 3.8) is 0 Å². The van der Waals surface area contributed by atoms with Crippen molar-refractivity contribution in [1.29, 1.82) is 0 Å². The molecule has 0 amide bonds. The van der Waals surface area contributed by atoms with Crippen LogP contribution in [0.4, 0.5) is 0 Å². The first-order chi connectivity index (χ1) is 3.41. The van der Waals surface area contributed by atoms with Crippen LogP contribution in [-0.4, -0.2) is 6.21 Å². The molecule has 0 aromatic carbocycles. The Bertz CT molecular complexity index is 52.0. The zero-order valence-corrected chi connectivity index (χ0v) is 5.49. The van der Waals surface area contributed by atoms with Crippen LogP contribution in [0.2, 0.25) is 0 Å². The summed E-state index contributed by atoms with van der Waals surface area (Å²) in [5.74, 6) is 0. The maximum absolute atomic E-state index is 3.66. The minimum atomic E-state index is 1.07. The lowest BCUT2D eigenvalue weighted by molar-refractivity contribution is 0.843. The number of hydrogen-bond acceptors (Lipinski definition) is 2. The highest BCUT2D eigenvalue weighted by Gasteiger charge is 1.74. The van der Waals surface area contributed by atoms with Gasteiger partial charge in [-0.25, -0.2) is 4.40 Å². The summed E-state index contributed by atoms with van der Waals surface area (Å²) in [6, 6.07) is 0. The molecule has 0 fully saturated rings. The van der Waals surface area contributed by atoms with Crippen molar-refractivity contribution < 1.29 is 0 Å². The minimum Gasteiger partial charge on any atom is -0.232 e. The summed E-state index contributed by atoms with van der Waals surface area (Å²) in [6.45, 7) is 2.16. The van der Waals surface area contributed by atoms with Crippen LogP contribution >= 0.6 is 12.8 Å². The third kappa shape index (κ3) is 6.02. The lowest BCUT2D eigenvalue weighted by Crippen LogP contribution is -1.70. The van der Waals surface area contributed by atoms with Gasteiger partial charge in [-0.3, -0.25) is 0 Å². The molecule has 2 heteroatoms. The predicted molar refractivity (Wildman–Crippen MR) is 37.0 cm³/mol. The third-order valence-electron chi connectivity index (χ3n) is 0.768. The Labute approximate surface area is 50.4 Å². The van der Waals surface area contributed by atoms with Crippen molar-refractivity contribution in [2.45, 2.75) is 26.2 Å². The number of thiol groups is 1. The first kappa shape index (κ1) is 7.02. The summed E-state index contributed by atoms with van der Waals surface area (Å²) >= 11 is 3.66. The van der Waals surface area contributed by atoms with Crippen LogP contribution in [0.5, 0.6) is 0 Å². The molecule has 0 radical (unpaired) electrons. The van der Waals surface area contributed by atoms with Gasteiger partial charge in [0.1, 0.15) is 0 Å². The summed E-state index contributed by atoms with van der Waals surface area (Å²) in [7, 11) is 0. The molecule has 0 bridgehead atoms. The standard InChI is InChI=1S/C5H11NS/c1-2-3-4-5-6-7/h5,7H,2-4H2,1H3/b6-5-. The van der Waals surface area contributed by atoms with E-state index in [1.165, 1.54) is 12.8 Å². The van der Waals surface area contributed by atoms with Crippen LogP contribution in [-0.2, 0) is 0 Å². The molecule has 0 aliphatic heterocycles. The molecule has 0 N–H and O–H groups in total. The Kier molecular flexibility index (Phi) is 6.04. The molecule has 1 nitrogen and oxygen atoms in total. The van der Waals surface area contributed by atoms with Gasteiger partial charge in [0.25, 0.3) is 0 Å². The van der Waals surface area contributed by atoms with E-state index >= 15 is 0 Å². The zero-order valence-electron chi connectivity index (χ0n) is 4.59. The SMILES string of the molecule is CCCC/C=N\S. The van der Waals surface area contributed by atoms with E-state index in [0.717, 1.165) is 6.42 Å². The van der Waals surface area contributed by atoms with Gasteiger partial charge < -0.3 is 0 Å². The summed E-state index contributed by atoms with van der Waals surface area (Å²) in [4.78, 5) is 0. The Hall–Kier alpha value is 0.0200. The van der Waals surface area contributed by atoms with Gasteiger partial charge in [-0.15, -0.1) is 0 Å². The molecule has 7 heavy (non-hydrogen) atoms. The molecule has 0 aliphatic rings. The second-order valence-electron chi connectivity index (χ2n) is 1.44. The number of unbranched alkanes of at least 4 members (excludes halogenated alkanes) is 2. The van der Waals surface area contributed by atoms with E-state index in [1.807, 2.05) is 6.21 Å². The molecule has 0 atom stereocenters. The fourth-order valence-electron chi connectivity index (χ4n) is 0.353. The van der Waals surface area contributed by atoms with Crippen molar-refractivity contribution in [2.75, 3.05) is 0 Å². The van der Waals surface area contributed by atoms with Gasteiger partial charge in [-0.1, -0.05) is 13.3 Å². The monoisotopic (exact) mass is 117 g/mol. The quantitative estimate of drug-likeness (QED) is 0.330. The molecule has 42 valence electrons. The summed E-state index contributed by atoms with van der Waals surface area (Å²) < 4.78 is 3.54. The Morgan fingerprint density at radius 3 is 2.86 bits per heavy atom. The second kappa shape index (κ2) is 6.02. The first-order valence-electron chi connectivity index (χ1n) is 2.57. The predicted octanol–water partition coefficient (Wildman–Crippen LogP) is 2.09. The van der Waals surface area contributed by atoms with Gasteiger partial charge in [-0.2, -0.15) is 0 Å². The highest BCUT2D eigenvalue weighted by Crippen LogP contribution is 1.89. The van der Waals surface area contributed by atoms with Crippen LogP contribution < -0.4 is 0 Å². The average Bonchev–Trinajstić information content (AvgIpc) is 1.69. The highest BCUT2D eigenvalue weighted by atomic mass is 32.1. The van der Waals surface area contributed by atoms with E-state index in [4.69, 9.17) is 0 Å². The molecule has 0 saturated carbocycles. The van der Waals surface area contributed by atoms with Crippen LogP contribution in [0, 0.1) is 0 Å². The van der Waals surface area contributed by atoms with E-state index in [9.17, 15) is 0 Å². The van der Waals surface area contributed by atoms with Crippen LogP contribution in [0.1, 0.15) is 26.2 Å². The van der Waals surface area contributed by atoms with E-state index in [0.29, 0.717) is 0 Å². The van der Waals surface area contributed by atoms with Crippen molar-refractivity contribution in [3.8, 4) is 0 Å². The van der Waals surface area contributed by atoms with Gasteiger partial charge in [-0.05, 0) is 25.7 Å². The van der Waals surface area contributed by atoms with Gasteiger partial charge in [0.05, 0.1) is 0 Å². The number of nitrogens with zero attached hydrogens (tertiary/aromatic N) is 1. The van der Waals surface area contributed by atoms with Crippen LogP contribution in [0.15, 0.2) is 4.40 Å². The highest BCUT2D eigenvalue weighted by molar-refractivity contribution is 7.78. The number of hydrogen-bond donors (Lipinski definition) is 1. The minimum absolute atomic E-state index is 1.07. The maximum Gasteiger partial charge on any atom is 0.0123 e. The van der Waals surface area contributed by atoms with Gasteiger partial charge in [0.15, 0.2) is 0 Å². The second-order valence-corrected chi connectivity index (χ2v) is 1.67. The Morgan fingerprint density at radius 2 is 2.43 bits per heavy atom. The smallest absolute Gasteiger partial charge is 0.0123 e. The van der Waals surface area contributed by atoms with E-state index in [-0.39, 0.29) is 0 Å². The molecule has 0 heterocycles. The average molecular weight is 117 g/mol. The van der Waals surface area contributed by atoms with Gasteiger partial charge >= 0.3 is 0 Å². The fraction of sp³-hybridized carbons (Fsp3) is 0.800. The molecule has 0 rings (SSSR count). The fourth-order valence-corrected chi connectivity index (χ4v) is 0.469. The lowest BCUT2D eigenvalue weighted by Gasteiger charge is -1.82. The Morgan fingerprint density at radius 1 is 1.71 bits per heavy atom. The van der Waals surface area contributed by atoms with Crippen LogP contribution in [0.25, 0.3) is 0 Å². The molecular formula is C5H11NS. The zero-order chi connectivity index (χ0) is 5.54. The largest absolute Gasteiger partial charge is 0.232 e. The maximum atomic E-state index is 3.66. The molecule has 0 aromatic rings. The topological polar surface area (TPSA) is 12.4 Å². The third-order valence-corrected chi connectivity index (χ3v) is 0.932. The molecule has 0 saturated heterocycles. The summed E-state index contributed by atoms with van der Waals surface area (Å²) in [5.41, 5.74) is 0. The van der Waals surface area contributed by atoms with Gasteiger partial charge in [0.2, 0.25) is 0 Å². The van der Waals surface area contributed by atoms with Crippen molar-refractivity contribution >= 4 is 19.0 Å².